The maximum absolute atomic E-state index is 8.98. The standard InChI is InChI=1S/C8H19N3O/c1-3-4-5-7(6-12)11(2)8(9)10/h7,12H,3-6H2,1-2H3,(H3,9,10). The van der Waals surface area contributed by atoms with Gasteiger partial charge in [0.15, 0.2) is 5.96 Å². The van der Waals surface area contributed by atoms with Crippen molar-refractivity contribution in [2.75, 3.05) is 13.7 Å². The van der Waals surface area contributed by atoms with E-state index in [0.29, 0.717) is 0 Å². The Balaban J connectivity index is 3.87. The molecule has 0 bridgehead atoms. The Labute approximate surface area is 73.9 Å². The van der Waals surface area contributed by atoms with Crippen LogP contribution in [0.15, 0.2) is 0 Å². The predicted molar refractivity (Wildman–Crippen MR) is 50.1 cm³/mol. The molecule has 0 aliphatic carbocycles. The highest BCUT2D eigenvalue weighted by molar-refractivity contribution is 5.74. The van der Waals surface area contributed by atoms with Crippen molar-refractivity contribution >= 4 is 5.96 Å². The number of guanidine groups is 1. The number of aliphatic hydroxyl groups excluding tert-OH is 1. The lowest BCUT2D eigenvalue weighted by atomic mass is 10.1. The highest BCUT2D eigenvalue weighted by atomic mass is 16.3. The van der Waals surface area contributed by atoms with E-state index in [4.69, 9.17) is 16.2 Å². The van der Waals surface area contributed by atoms with E-state index in [1.165, 1.54) is 0 Å². The monoisotopic (exact) mass is 173 g/mol. The summed E-state index contributed by atoms with van der Waals surface area (Å²) >= 11 is 0. The van der Waals surface area contributed by atoms with Crippen molar-refractivity contribution in [2.45, 2.75) is 32.2 Å². The molecule has 0 rings (SSSR count). The van der Waals surface area contributed by atoms with Crippen LogP contribution < -0.4 is 5.73 Å². The molecule has 1 unspecified atom stereocenters. The highest BCUT2D eigenvalue weighted by Crippen LogP contribution is 2.05. The van der Waals surface area contributed by atoms with Crippen molar-refractivity contribution in [2.24, 2.45) is 5.73 Å². The first-order chi connectivity index (χ1) is 5.63. The largest absolute Gasteiger partial charge is 0.394 e. The first-order valence-corrected chi connectivity index (χ1v) is 4.31. The molecule has 0 radical (unpaired) electrons. The van der Waals surface area contributed by atoms with Gasteiger partial charge in [0.1, 0.15) is 0 Å². The third-order valence-corrected chi connectivity index (χ3v) is 2.03. The molecule has 72 valence electrons. The van der Waals surface area contributed by atoms with E-state index in [1.54, 1.807) is 11.9 Å². The lowest BCUT2D eigenvalue weighted by Crippen LogP contribution is -2.43. The van der Waals surface area contributed by atoms with Gasteiger partial charge in [0.05, 0.1) is 12.6 Å². The third-order valence-electron chi connectivity index (χ3n) is 2.03. The minimum Gasteiger partial charge on any atom is -0.394 e. The molecule has 0 spiro atoms. The molecule has 12 heavy (non-hydrogen) atoms. The van der Waals surface area contributed by atoms with Gasteiger partial charge in [0.2, 0.25) is 0 Å². The summed E-state index contributed by atoms with van der Waals surface area (Å²) in [5.41, 5.74) is 5.28. The number of aliphatic hydroxyl groups is 1. The summed E-state index contributed by atoms with van der Waals surface area (Å²) in [6, 6.07) is 0.00227. The van der Waals surface area contributed by atoms with Crippen molar-refractivity contribution in [1.82, 2.24) is 4.90 Å². The number of nitrogens with zero attached hydrogens (tertiary/aromatic N) is 1. The number of rotatable bonds is 5. The second-order valence-corrected chi connectivity index (χ2v) is 2.97. The number of hydrogen-bond donors (Lipinski definition) is 3. The zero-order valence-corrected chi connectivity index (χ0v) is 7.88. The Morgan fingerprint density at radius 1 is 1.67 bits per heavy atom. The van der Waals surface area contributed by atoms with Gasteiger partial charge >= 0.3 is 0 Å². The number of unbranched alkanes of at least 4 members (excludes halogenated alkanes) is 1. The molecule has 0 amide bonds. The maximum atomic E-state index is 8.98. The Bertz CT molecular complexity index is 138. The van der Waals surface area contributed by atoms with Gasteiger partial charge in [-0.2, -0.15) is 0 Å². The number of likely N-dealkylation sites (N-methyl/N-ethyl adjacent to an activating group) is 1. The average Bonchev–Trinajstić information content (AvgIpc) is 2.05. The molecule has 0 saturated heterocycles. The molecule has 1 atom stereocenters. The summed E-state index contributed by atoms with van der Waals surface area (Å²) < 4.78 is 0. The van der Waals surface area contributed by atoms with Crippen molar-refractivity contribution < 1.29 is 5.11 Å². The Morgan fingerprint density at radius 3 is 2.58 bits per heavy atom. The van der Waals surface area contributed by atoms with Crippen molar-refractivity contribution in [3.8, 4) is 0 Å². The van der Waals surface area contributed by atoms with E-state index in [9.17, 15) is 0 Å². The lowest BCUT2D eigenvalue weighted by molar-refractivity contribution is 0.185. The molecule has 0 heterocycles. The highest BCUT2D eigenvalue weighted by Gasteiger charge is 2.13. The van der Waals surface area contributed by atoms with Crippen LogP contribution in [0.4, 0.5) is 0 Å². The van der Waals surface area contributed by atoms with Crippen LogP contribution in [0.1, 0.15) is 26.2 Å². The fourth-order valence-corrected chi connectivity index (χ4v) is 1.04. The molecule has 0 aliphatic heterocycles. The smallest absolute Gasteiger partial charge is 0.188 e. The van der Waals surface area contributed by atoms with Crippen LogP contribution in [0, 0.1) is 5.41 Å². The van der Waals surface area contributed by atoms with Crippen molar-refractivity contribution in [1.29, 1.82) is 5.41 Å². The second kappa shape index (κ2) is 5.83. The van der Waals surface area contributed by atoms with Gasteiger partial charge in [0.25, 0.3) is 0 Å². The Hall–Kier alpha value is -0.770. The number of nitrogens with two attached hydrogens (primary N) is 1. The maximum Gasteiger partial charge on any atom is 0.188 e. The molecule has 4 N–H and O–H groups in total. The summed E-state index contributed by atoms with van der Waals surface area (Å²) in [5.74, 6) is 0.0187. The van der Waals surface area contributed by atoms with Crippen LogP contribution in [-0.4, -0.2) is 35.7 Å². The average molecular weight is 173 g/mol. The Kier molecular flexibility index (Phi) is 5.45. The fourth-order valence-electron chi connectivity index (χ4n) is 1.04. The second-order valence-electron chi connectivity index (χ2n) is 2.97. The zero-order chi connectivity index (χ0) is 9.56. The molecule has 0 aromatic rings. The minimum absolute atomic E-state index is 0.00227. The van der Waals surface area contributed by atoms with Crippen LogP contribution in [0.2, 0.25) is 0 Å². The molecule has 4 heteroatoms. The number of nitrogens with one attached hydrogen (secondary N) is 1. The lowest BCUT2D eigenvalue weighted by Gasteiger charge is -2.26. The van der Waals surface area contributed by atoms with E-state index < -0.39 is 0 Å². The normalized spacial score (nSPS) is 12.6. The van der Waals surface area contributed by atoms with Crippen LogP contribution in [0.25, 0.3) is 0 Å². The van der Waals surface area contributed by atoms with Crippen LogP contribution in [0.3, 0.4) is 0 Å². The topological polar surface area (TPSA) is 73.3 Å². The van der Waals surface area contributed by atoms with Gasteiger partial charge in [-0.15, -0.1) is 0 Å². The van der Waals surface area contributed by atoms with Gasteiger partial charge in [-0.1, -0.05) is 19.8 Å². The van der Waals surface area contributed by atoms with Gasteiger partial charge in [-0.3, -0.25) is 5.41 Å². The molecule has 0 saturated carbocycles. The molecule has 0 aromatic heterocycles. The zero-order valence-electron chi connectivity index (χ0n) is 7.88. The molecular formula is C8H19N3O. The van der Waals surface area contributed by atoms with E-state index in [-0.39, 0.29) is 18.6 Å². The van der Waals surface area contributed by atoms with Gasteiger partial charge < -0.3 is 15.7 Å². The molecule has 0 fully saturated rings. The molecule has 0 aromatic carbocycles. The van der Waals surface area contributed by atoms with Crippen molar-refractivity contribution in [3.63, 3.8) is 0 Å². The van der Waals surface area contributed by atoms with Gasteiger partial charge in [-0.25, -0.2) is 0 Å². The molecular weight excluding hydrogens is 154 g/mol. The van der Waals surface area contributed by atoms with Crippen LogP contribution >= 0.6 is 0 Å². The summed E-state index contributed by atoms with van der Waals surface area (Å²) in [5, 5.41) is 16.1. The summed E-state index contributed by atoms with van der Waals surface area (Å²) in [7, 11) is 1.74. The predicted octanol–water partition coefficient (Wildman–Crippen LogP) is 0.363. The quantitative estimate of drug-likeness (QED) is 0.415. The summed E-state index contributed by atoms with van der Waals surface area (Å²) in [6.45, 7) is 2.16. The van der Waals surface area contributed by atoms with E-state index in [2.05, 4.69) is 6.92 Å². The summed E-state index contributed by atoms with van der Waals surface area (Å²) in [6.07, 6.45) is 3.05. The van der Waals surface area contributed by atoms with E-state index >= 15 is 0 Å². The summed E-state index contributed by atoms with van der Waals surface area (Å²) in [4.78, 5) is 1.61. The number of hydrogen-bond acceptors (Lipinski definition) is 2. The molecule has 4 nitrogen and oxygen atoms in total. The van der Waals surface area contributed by atoms with Crippen molar-refractivity contribution in [3.05, 3.63) is 0 Å². The SMILES string of the molecule is CCCCC(CO)N(C)C(=N)N. The van der Waals surface area contributed by atoms with Crippen LogP contribution in [0.5, 0.6) is 0 Å². The molecule has 0 aliphatic rings. The minimum atomic E-state index is 0.00227. The van der Waals surface area contributed by atoms with Gasteiger partial charge in [-0.05, 0) is 6.42 Å². The fraction of sp³-hybridized carbons (Fsp3) is 0.875. The van der Waals surface area contributed by atoms with Crippen LogP contribution in [-0.2, 0) is 0 Å². The Morgan fingerprint density at radius 2 is 2.25 bits per heavy atom. The van der Waals surface area contributed by atoms with Gasteiger partial charge in [0, 0.05) is 7.05 Å². The first kappa shape index (κ1) is 11.2. The van der Waals surface area contributed by atoms with E-state index in [0.717, 1.165) is 19.3 Å². The first-order valence-electron chi connectivity index (χ1n) is 4.31. The van der Waals surface area contributed by atoms with E-state index in [1.807, 2.05) is 0 Å². The third kappa shape index (κ3) is 3.57.